The van der Waals surface area contributed by atoms with Gasteiger partial charge in [-0.2, -0.15) is 0 Å². The van der Waals surface area contributed by atoms with Gasteiger partial charge < -0.3 is 15.4 Å². The van der Waals surface area contributed by atoms with Gasteiger partial charge in [0.05, 0.1) is 0 Å². The summed E-state index contributed by atoms with van der Waals surface area (Å²) in [7, 11) is 0. The summed E-state index contributed by atoms with van der Waals surface area (Å²) in [5.74, 6) is -0.202. The van der Waals surface area contributed by atoms with Crippen LogP contribution in [0.3, 0.4) is 0 Å². The molecule has 0 bridgehead atoms. The van der Waals surface area contributed by atoms with Gasteiger partial charge in [-0.05, 0) is 51.4 Å². The van der Waals surface area contributed by atoms with Gasteiger partial charge in [-0.1, -0.05) is 6.92 Å². The van der Waals surface area contributed by atoms with Crippen LogP contribution in [0.15, 0.2) is 18.2 Å². The first kappa shape index (κ1) is 17.4. The minimum absolute atomic E-state index is 0.0462. The quantitative estimate of drug-likeness (QED) is 0.725. The third-order valence-electron chi connectivity index (χ3n) is 2.80. The van der Waals surface area contributed by atoms with Crippen LogP contribution >= 0.6 is 0 Å². The van der Waals surface area contributed by atoms with Crippen LogP contribution in [0.4, 0.5) is 4.39 Å². The Morgan fingerprint density at radius 2 is 2.00 bits per heavy atom. The van der Waals surface area contributed by atoms with Crippen LogP contribution in [0, 0.1) is 5.82 Å². The van der Waals surface area contributed by atoms with E-state index >= 15 is 0 Å². The average Bonchev–Trinajstić information content (AvgIpc) is 2.37. The second-order valence-electron chi connectivity index (χ2n) is 5.40. The molecule has 0 aliphatic heterocycles. The lowest BCUT2D eigenvalue weighted by Gasteiger charge is -2.17. The molecule has 2 N–H and O–H groups in total. The summed E-state index contributed by atoms with van der Waals surface area (Å²) in [6.45, 7) is 8.93. The summed E-state index contributed by atoms with van der Waals surface area (Å²) in [6, 6.07) is 4.56. The maximum Gasteiger partial charge on any atom is 0.260 e. The van der Waals surface area contributed by atoms with Crippen LogP contribution in [0.1, 0.15) is 39.7 Å². The maximum atomic E-state index is 13.6. The number of carbonyl (C=O) groups excluding carboxylic acids is 1. The Balaban J connectivity index is 2.67. The third-order valence-corrected chi connectivity index (χ3v) is 2.80. The normalized spacial score (nSPS) is 12.3. The standard InChI is InChI=1S/C16H25FN2O2/c1-5-6-18-10-13-7-14(17)9-15(8-13)21-12(4)16(20)19-11(2)3/h7-9,11-12,18H,5-6,10H2,1-4H3,(H,19,20). The first-order valence-corrected chi connectivity index (χ1v) is 7.39. The molecule has 1 amide bonds. The zero-order chi connectivity index (χ0) is 15.8. The summed E-state index contributed by atoms with van der Waals surface area (Å²) in [5.41, 5.74) is 0.801. The van der Waals surface area contributed by atoms with Gasteiger partial charge in [-0.25, -0.2) is 4.39 Å². The SMILES string of the molecule is CCCNCc1cc(F)cc(OC(C)C(=O)NC(C)C)c1. The molecule has 1 rings (SSSR count). The second kappa shape index (κ2) is 8.62. The van der Waals surface area contributed by atoms with Crippen molar-refractivity contribution in [1.82, 2.24) is 10.6 Å². The van der Waals surface area contributed by atoms with E-state index in [4.69, 9.17) is 4.74 Å². The van der Waals surface area contributed by atoms with Crippen molar-refractivity contribution < 1.29 is 13.9 Å². The Bertz CT molecular complexity index is 464. The van der Waals surface area contributed by atoms with Gasteiger partial charge in [0.15, 0.2) is 6.10 Å². The van der Waals surface area contributed by atoms with Crippen molar-refractivity contribution in [2.24, 2.45) is 0 Å². The number of hydrogen-bond acceptors (Lipinski definition) is 3. The smallest absolute Gasteiger partial charge is 0.260 e. The highest BCUT2D eigenvalue weighted by molar-refractivity contribution is 5.80. The predicted molar refractivity (Wildman–Crippen MR) is 81.8 cm³/mol. The summed E-state index contributed by atoms with van der Waals surface area (Å²) < 4.78 is 19.1. The Kier molecular flexibility index (Phi) is 7.15. The molecule has 0 saturated heterocycles. The highest BCUT2D eigenvalue weighted by Gasteiger charge is 2.16. The van der Waals surface area contributed by atoms with Crippen LogP contribution in [0.5, 0.6) is 5.75 Å². The van der Waals surface area contributed by atoms with Crippen molar-refractivity contribution in [3.05, 3.63) is 29.6 Å². The van der Waals surface area contributed by atoms with Gasteiger partial charge in [0.25, 0.3) is 5.91 Å². The fraction of sp³-hybridized carbons (Fsp3) is 0.562. The first-order valence-electron chi connectivity index (χ1n) is 7.39. The minimum Gasteiger partial charge on any atom is -0.481 e. The van der Waals surface area contributed by atoms with Gasteiger partial charge >= 0.3 is 0 Å². The Labute approximate surface area is 126 Å². The summed E-state index contributed by atoms with van der Waals surface area (Å²) in [5, 5.41) is 5.97. The number of hydrogen-bond donors (Lipinski definition) is 2. The number of benzene rings is 1. The molecule has 0 heterocycles. The average molecular weight is 296 g/mol. The van der Waals surface area contributed by atoms with Crippen molar-refractivity contribution >= 4 is 5.91 Å². The van der Waals surface area contributed by atoms with E-state index in [9.17, 15) is 9.18 Å². The van der Waals surface area contributed by atoms with E-state index in [0.29, 0.717) is 12.3 Å². The molecule has 0 aliphatic carbocycles. The number of carbonyl (C=O) groups is 1. The van der Waals surface area contributed by atoms with E-state index in [1.807, 2.05) is 13.8 Å². The first-order chi connectivity index (χ1) is 9.92. The third kappa shape index (κ3) is 6.58. The lowest BCUT2D eigenvalue weighted by atomic mass is 10.2. The van der Waals surface area contributed by atoms with Gasteiger partial charge in [-0.15, -0.1) is 0 Å². The van der Waals surface area contributed by atoms with Gasteiger partial charge in [-0.3, -0.25) is 4.79 Å². The van der Waals surface area contributed by atoms with E-state index in [-0.39, 0.29) is 17.8 Å². The molecule has 0 aliphatic rings. The number of nitrogens with one attached hydrogen (secondary N) is 2. The van der Waals surface area contributed by atoms with Crippen LogP contribution < -0.4 is 15.4 Å². The molecule has 1 unspecified atom stereocenters. The second-order valence-corrected chi connectivity index (χ2v) is 5.40. The number of halogens is 1. The van der Waals surface area contributed by atoms with E-state index < -0.39 is 6.10 Å². The van der Waals surface area contributed by atoms with Crippen molar-refractivity contribution in [3.8, 4) is 5.75 Å². The lowest BCUT2D eigenvalue weighted by Crippen LogP contribution is -2.40. The molecular weight excluding hydrogens is 271 g/mol. The molecule has 118 valence electrons. The molecule has 1 aromatic rings. The fourth-order valence-corrected chi connectivity index (χ4v) is 1.86. The van der Waals surface area contributed by atoms with Crippen molar-refractivity contribution in [2.45, 2.75) is 52.8 Å². The molecule has 21 heavy (non-hydrogen) atoms. The number of ether oxygens (including phenoxy) is 1. The lowest BCUT2D eigenvalue weighted by molar-refractivity contribution is -0.127. The van der Waals surface area contributed by atoms with Crippen LogP contribution in [-0.2, 0) is 11.3 Å². The molecule has 0 spiro atoms. The molecule has 0 radical (unpaired) electrons. The van der Waals surface area contributed by atoms with E-state index in [1.165, 1.54) is 12.1 Å². The molecule has 0 saturated carbocycles. The summed E-state index contributed by atoms with van der Waals surface area (Å²) in [4.78, 5) is 11.8. The number of rotatable bonds is 8. The zero-order valence-corrected chi connectivity index (χ0v) is 13.2. The Morgan fingerprint density at radius 3 is 2.62 bits per heavy atom. The molecule has 0 fully saturated rings. The van der Waals surface area contributed by atoms with Crippen molar-refractivity contribution in [1.29, 1.82) is 0 Å². The van der Waals surface area contributed by atoms with Gasteiger partial charge in [0.2, 0.25) is 0 Å². The van der Waals surface area contributed by atoms with E-state index in [1.54, 1.807) is 13.0 Å². The molecule has 4 nitrogen and oxygen atoms in total. The van der Waals surface area contributed by atoms with Gasteiger partial charge in [0, 0.05) is 18.7 Å². The highest BCUT2D eigenvalue weighted by atomic mass is 19.1. The summed E-state index contributed by atoms with van der Waals surface area (Å²) >= 11 is 0. The van der Waals surface area contributed by atoms with E-state index in [2.05, 4.69) is 17.6 Å². The molecule has 1 atom stereocenters. The molecule has 1 aromatic carbocycles. The zero-order valence-electron chi connectivity index (χ0n) is 13.2. The Morgan fingerprint density at radius 1 is 1.29 bits per heavy atom. The van der Waals surface area contributed by atoms with Crippen molar-refractivity contribution in [2.75, 3.05) is 6.54 Å². The molecule has 5 heteroatoms. The van der Waals surface area contributed by atoms with Crippen LogP contribution in [0.2, 0.25) is 0 Å². The Hall–Kier alpha value is -1.62. The van der Waals surface area contributed by atoms with E-state index in [0.717, 1.165) is 18.5 Å². The fourth-order valence-electron chi connectivity index (χ4n) is 1.86. The largest absolute Gasteiger partial charge is 0.481 e. The summed E-state index contributed by atoms with van der Waals surface area (Å²) in [6.07, 6.45) is 0.357. The topological polar surface area (TPSA) is 50.4 Å². The molecule has 0 aromatic heterocycles. The minimum atomic E-state index is -0.661. The highest BCUT2D eigenvalue weighted by Crippen LogP contribution is 2.18. The molecular formula is C16H25FN2O2. The monoisotopic (exact) mass is 296 g/mol. The maximum absolute atomic E-state index is 13.6. The van der Waals surface area contributed by atoms with Crippen molar-refractivity contribution in [3.63, 3.8) is 0 Å². The van der Waals surface area contributed by atoms with Crippen LogP contribution in [-0.4, -0.2) is 24.6 Å². The predicted octanol–water partition coefficient (Wildman–Crippen LogP) is 2.62. The number of amides is 1. The van der Waals surface area contributed by atoms with Gasteiger partial charge in [0.1, 0.15) is 11.6 Å². The van der Waals surface area contributed by atoms with Crippen LogP contribution in [0.25, 0.3) is 0 Å².